The van der Waals surface area contributed by atoms with Gasteiger partial charge in [0.25, 0.3) is 5.91 Å². The van der Waals surface area contributed by atoms with Gasteiger partial charge in [0.05, 0.1) is 5.56 Å². The summed E-state index contributed by atoms with van der Waals surface area (Å²) in [6, 6.07) is 6.10. The van der Waals surface area contributed by atoms with Gasteiger partial charge < -0.3 is 10.1 Å². The number of carbonyl (C=O) groups is 2. The number of fused-ring (bicyclic) bond motifs is 2. The summed E-state index contributed by atoms with van der Waals surface area (Å²) in [7, 11) is 0. The molecule has 0 spiro atoms. The highest BCUT2D eigenvalue weighted by Crippen LogP contribution is 2.49. The van der Waals surface area contributed by atoms with Gasteiger partial charge in [-0.25, -0.2) is 4.79 Å². The topological polar surface area (TPSA) is 55.4 Å². The molecular formula is C26H39NO3. The molecule has 4 nitrogen and oxygen atoms in total. The molecule has 2 aliphatic carbocycles. The van der Waals surface area contributed by atoms with E-state index >= 15 is 0 Å². The number of rotatable bonds is 5. The summed E-state index contributed by atoms with van der Waals surface area (Å²) in [5, 5.41) is 3.07. The van der Waals surface area contributed by atoms with E-state index in [1.807, 2.05) is 12.1 Å². The molecule has 0 aliphatic heterocycles. The van der Waals surface area contributed by atoms with Gasteiger partial charge in [-0.3, -0.25) is 4.79 Å². The second kappa shape index (κ2) is 8.36. The number of amides is 1. The summed E-state index contributed by atoms with van der Waals surface area (Å²) in [6.45, 7) is 14.7. The Morgan fingerprint density at radius 3 is 2.07 bits per heavy atom. The van der Waals surface area contributed by atoms with Crippen molar-refractivity contribution in [1.29, 1.82) is 0 Å². The van der Waals surface area contributed by atoms with Crippen LogP contribution in [-0.2, 0) is 20.4 Å². The highest BCUT2D eigenvalue weighted by atomic mass is 16.5. The normalized spacial score (nSPS) is 24.6. The lowest BCUT2D eigenvalue weighted by Crippen LogP contribution is -2.42. The smallest absolute Gasteiger partial charge is 0.338 e. The van der Waals surface area contributed by atoms with Crippen molar-refractivity contribution in [2.75, 3.05) is 6.61 Å². The number of nitrogens with one attached hydrogen (secondary N) is 1. The molecule has 2 fully saturated rings. The van der Waals surface area contributed by atoms with Crippen LogP contribution in [0.2, 0.25) is 0 Å². The van der Waals surface area contributed by atoms with Crippen LogP contribution in [0.4, 0.5) is 0 Å². The Labute approximate surface area is 182 Å². The first-order valence-electron chi connectivity index (χ1n) is 11.5. The fourth-order valence-electron chi connectivity index (χ4n) is 5.13. The number of hydrogen-bond donors (Lipinski definition) is 1. The maximum absolute atomic E-state index is 12.8. The largest absolute Gasteiger partial charge is 0.452 e. The Kier molecular flexibility index (Phi) is 6.36. The highest BCUT2D eigenvalue weighted by molar-refractivity contribution is 5.92. The van der Waals surface area contributed by atoms with Crippen LogP contribution < -0.4 is 5.32 Å². The zero-order chi connectivity index (χ0) is 22.3. The standard InChI is InChI=1S/C26H39NO3/c1-16(22-11-17-8-9-18(22)10-17)27-23(28)15-30-24(29)19-12-20(25(2,3)4)14-21(13-19)26(5,6)7/h12-14,16-18,22H,8-11,15H2,1-7H3,(H,27,28). The van der Waals surface area contributed by atoms with Crippen LogP contribution in [-0.4, -0.2) is 24.5 Å². The Morgan fingerprint density at radius 1 is 1.00 bits per heavy atom. The van der Waals surface area contributed by atoms with Gasteiger partial charge in [0.2, 0.25) is 0 Å². The monoisotopic (exact) mass is 413 g/mol. The van der Waals surface area contributed by atoms with Crippen molar-refractivity contribution in [2.24, 2.45) is 17.8 Å². The van der Waals surface area contributed by atoms with Crippen LogP contribution in [0.1, 0.15) is 95.6 Å². The van der Waals surface area contributed by atoms with Crippen LogP contribution >= 0.6 is 0 Å². The fraction of sp³-hybridized carbons (Fsp3) is 0.692. The van der Waals surface area contributed by atoms with E-state index in [0.29, 0.717) is 11.5 Å². The van der Waals surface area contributed by atoms with E-state index in [1.165, 1.54) is 25.7 Å². The molecule has 0 radical (unpaired) electrons. The maximum atomic E-state index is 12.8. The van der Waals surface area contributed by atoms with Crippen molar-refractivity contribution in [3.05, 3.63) is 34.9 Å². The van der Waals surface area contributed by atoms with Crippen LogP contribution in [0.25, 0.3) is 0 Å². The van der Waals surface area contributed by atoms with Crippen molar-refractivity contribution >= 4 is 11.9 Å². The van der Waals surface area contributed by atoms with E-state index in [-0.39, 0.29) is 29.4 Å². The number of esters is 1. The van der Waals surface area contributed by atoms with Gasteiger partial charge in [0, 0.05) is 6.04 Å². The second-order valence-electron chi connectivity index (χ2n) is 11.6. The molecule has 0 saturated heterocycles. The number of carbonyl (C=O) groups excluding carboxylic acids is 2. The van der Waals surface area contributed by atoms with Crippen LogP contribution in [0.15, 0.2) is 18.2 Å². The zero-order valence-electron chi connectivity index (χ0n) is 19.8. The molecule has 1 amide bonds. The number of hydrogen-bond acceptors (Lipinski definition) is 3. The minimum absolute atomic E-state index is 0.0796. The first-order valence-corrected chi connectivity index (χ1v) is 11.5. The third-order valence-electron chi connectivity index (χ3n) is 7.06. The van der Waals surface area contributed by atoms with E-state index in [0.717, 1.165) is 23.0 Å². The SMILES string of the molecule is CC(NC(=O)COC(=O)c1cc(C(C)(C)C)cc(C(C)(C)C)c1)C1CC2CCC1C2. The van der Waals surface area contributed by atoms with E-state index in [4.69, 9.17) is 4.74 Å². The molecule has 4 unspecified atom stereocenters. The molecule has 0 aromatic heterocycles. The van der Waals surface area contributed by atoms with E-state index in [1.54, 1.807) is 0 Å². The molecule has 4 heteroatoms. The van der Waals surface area contributed by atoms with Crippen LogP contribution in [0.3, 0.4) is 0 Å². The molecule has 30 heavy (non-hydrogen) atoms. The summed E-state index contributed by atoms with van der Waals surface area (Å²) in [5.74, 6) is 1.53. The summed E-state index contributed by atoms with van der Waals surface area (Å²) in [6.07, 6.45) is 5.19. The predicted octanol–water partition coefficient (Wildman–Crippen LogP) is 5.38. The number of benzene rings is 1. The van der Waals surface area contributed by atoms with Gasteiger partial charge in [0.1, 0.15) is 0 Å². The molecule has 166 valence electrons. The molecule has 2 bridgehead atoms. The van der Waals surface area contributed by atoms with Gasteiger partial charge in [-0.1, -0.05) is 54.0 Å². The molecule has 2 saturated carbocycles. The van der Waals surface area contributed by atoms with Crippen LogP contribution in [0, 0.1) is 17.8 Å². The lowest BCUT2D eigenvalue weighted by atomic mass is 9.79. The molecule has 1 N–H and O–H groups in total. The van der Waals surface area contributed by atoms with E-state index in [9.17, 15) is 9.59 Å². The Morgan fingerprint density at radius 2 is 1.60 bits per heavy atom. The lowest BCUT2D eigenvalue weighted by Gasteiger charge is -2.28. The molecule has 1 aromatic rings. The average Bonchev–Trinajstić information content (AvgIpc) is 3.27. The first-order chi connectivity index (χ1) is 13.8. The summed E-state index contributed by atoms with van der Waals surface area (Å²) in [5.41, 5.74) is 2.54. The Hall–Kier alpha value is -1.84. The quantitative estimate of drug-likeness (QED) is 0.660. The molecule has 4 atom stereocenters. The summed E-state index contributed by atoms with van der Waals surface area (Å²) < 4.78 is 5.40. The molecule has 3 rings (SSSR count). The maximum Gasteiger partial charge on any atom is 0.338 e. The third-order valence-corrected chi connectivity index (χ3v) is 7.06. The molecular weight excluding hydrogens is 374 g/mol. The molecule has 1 aromatic carbocycles. The number of ether oxygens (including phenoxy) is 1. The van der Waals surface area contributed by atoms with Gasteiger partial charge in [-0.05, 0) is 78.0 Å². The van der Waals surface area contributed by atoms with E-state index < -0.39 is 5.97 Å². The lowest BCUT2D eigenvalue weighted by molar-refractivity contribution is -0.125. The molecule has 2 aliphatic rings. The Bertz CT molecular complexity index is 767. The average molecular weight is 414 g/mol. The van der Waals surface area contributed by atoms with Crippen molar-refractivity contribution in [1.82, 2.24) is 5.32 Å². The predicted molar refractivity (Wildman–Crippen MR) is 121 cm³/mol. The van der Waals surface area contributed by atoms with Crippen molar-refractivity contribution in [3.8, 4) is 0 Å². The first kappa shape index (κ1) is 22.8. The minimum atomic E-state index is -0.436. The van der Waals surface area contributed by atoms with E-state index in [2.05, 4.69) is 59.8 Å². The fourth-order valence-corrected chi connectivity index (χ4v) is 5.13. The summed E-state index contributed by atoms with van der Waals surface area (Å²) in [4.78, 5) is 25.2. The van der Waals surface area contributed by atoms with Crippen molar-refractivity contribution in [3.63, 3.8) is 0 Å². The van der Waals surface area contributed by atoms with Gasteiger partial charge in [0.15, 0.2) is 6.61 Å². The zero-order valence-corrected chi connectivity index (χ0v) is 19.8. The summed E-state index contributed by atoms with van der Waals surface area (Å²) >= 11 is 0. The van der Waals surface area contributed by atoms with Crippen molar-refractivity contribution in [2.45, 2.75) is 91.0 Å². The van der Waals surface area contributed by atoms with Crippen LogP contribution in [0.5, 0.6) is 0 Å². The third kappa shape index (κ3) is 5.25. The van der Waals surface area contributed by atoms with Gasteiger partial charge in [-0.15, -0.1) is 0 Å². The van der Waals surface area contributed by atoms with Crippen molar-refractivity contribution < 1.29 is 14.3 Å². The van der Waals surface area contributed by atoms with Gasteiger partial charge >= 0.3 is 5.97 Å². The van der Waals surface area contributed by atoms with Gasteiger partial charge in [-0.2, -0.15) is 0 Å². The second-order valence-corrected chi connectivity index (χ2v) is 11.6. The Balaban J connectivity index is 1.62. The molecule has 0 heterocycles. The highest BCUT2D eigenvalue weighted by Gasteiger charge is 2.42. The minimum Gasteiger partial charge on any atom is -0.452 e.